The van der Waals surface area contributed by atoms with E-state index in [1.807, 2.05) is 13.0 Å². The second-order valence-corrected chi connectivity index (χ2v) is 8.34. The Hall–Kier alpha value is -4.58. The van der Waals surface area contributed by atoms with E-state index in [9.17, 15) is 9.59 Å². The lowest BCUT2D eigenvalue weighted by atomic mass is 10.2. The van der Waals surface area contributed by atoms with Gasteiger partial charge in [-0.1, -0.05) is 11.3 Å². The molecule has 0 radical (unpaired) electrons. The van der Waals surface area contributed by atoms with Crippen molar-refractivity contribution in [1.82, 2.24) is 25.0 Å². The fraction of sp³-hybridized carbons (Fsp3) is 0.167. The molecule has 0 fully saturated rings. The van der Waals surface area contributed by atoms with E-state index in [-0.39, 0.29) is 23.1 Å². The van der Waals surface area contributed by atoms with E-state index >= 15 is 0 Å². The summed E-state index contributed by atoms with van der Waals surface area (Å²) in [5.74, 6) is 0.0950. The van der Waals surface area contributed by atoms with Crippen LogP contribution in [0.3, 0.4) is 0 Å². The Labute approximate surface area is 207 Å². The van der Waals surface area contributed by atoms with Gasteiger partial charge in [0.05, 0.1) is 25.6 Å². The number of esters is 1. The van der Waals surface area contributed by atoms with Crippen molar-refractivity contribution < 1.29 is 23.4 Å². The third-order valence-corrected chi connectivity index (χ3v) is 6.09. The molecule has 182 valence electrons. The molecule has 11 nitrogen and oxygen atoms in total. The van der Waals surface area contributed by atoms with E-state index in [2.05, 4.69) is 20.3 Å². The summed E-state index contributed by atoms with van der Waals surface area (Å²) in [6, 6.07) is 12.3. The molecule has 0 bridgehead atoms. The number of hydrogen-bond donors (Lipinski definition) is 0. The number of rotatable bonds is 8. The predicted molar refractivity (Wildman–Crippen MR) is 130 cm³/mol. The molecule has 4 aromatic heterocycles. The lowest BCUT2D eigenvalue weighted by Crippen LogP contribution is -2.15. The minimum absolute atomic E-state index is 0.0780. The zero-order valence-electron chi connectivity index (χ0n) is 19.2. The molecule has 0 spiro atoms. The highest BCUT2D eigenvalue weighted by Crippen LogP contribution is 2.32. The van der Waals surface area contributed by atoms with Gasteiger partial charge in [-0.05, 0) is 37.3 Å². The smallest absolute Gasteiger partial charge is 0.362 e. The third kappa shape index (κ3) is 4.53. The third-order valence-electron chi connectivity index (χ3n) is 5.06. The first-order valence-electron chi connectivity index (χ1n) is 10.8. The van der Waals surface area contributed by atoms with E-state index in [1.165, 1.54) is 18.0 Å². The highest BCUT2D eigenvalue weighted by Gasteiger charge is 2.23. The van der Waals surface area contributed by atoms with Crippen LogP contribution < -0.4 is 15.1 Å². The van der Waals surface area contributed by atoms with Crippen LogP contribution in [-0.4, -0.2) is 44.6 Å². The maximum atomic E-state index is 12.8. The van der Waals surface area contributed by atoms with Gasteiger partial charge in [0, 0.05) is 17.6 Å². The molecule has 4 heterocycles. The van der Waals surface area contributed by atoms with E-state index in [0.29, 0.717) is 39.7 Å². The van der Waals surface area contributed by atoms with Gasteiger partial charge in [0.25, 0.3) is 0 Å². The van der Waals surface area contributed by atoms with Crippen LogP contribution in [0, 0.1) is 0 Å². The van der Waals surface area contributed by atoms with Crippen LogP contribution in [-0.2, 0) is 11.3 Å². The summed E-state index contributed by atoms with van der Waals surface area (Å²) < 4.78 is 23.0. The molecule has 0 unspecified atom stereocenters. The number of methoxy groups -OCH3 is 1. The van der Waals surface area contributed by atoms with Crippen LogP contribution in [0.2, 0.25) is 0 Å². The molecule has 12 heteroatoms. The Morgan fingerprint density at radius 3 is 2.83 bits per heavy atom. The average Bonchev–Trinajstić information content (AvgIpc) is 3.54. The first-order chi connectivity index (χ1) is 17.6. The number of hydrogen-bond acceptors (Lipinski definition) is 11. The van der Waals surface area contributed by atoms with Crippen LogP contribution in [0.15, 0.2) is 64.1 Å². The molecular formula is C24H19N5O6S. The Balaban J connectivity index is 1.44. The Kier molecular flexibility index (Phi) is 6.41. The molecular weight excluding hydrogens is 486 g/mol. The van der Waals surface area contributed by atoms with Gasteiger partial charge in [0.1, 0.15) is 28.6 Å². The minimum atomic E-state index is -0.607. The lowest BCUT2D eigenvalue weighted by Gasteiger charge is -2.08. The second kappa shape index (κ2) is 9.96. The van der Waals surface area contributed by atoms with Crippen LogP contribution in [0.5, 0.6) is 11.6 Å². The second-order valence-electron chi connectivity index (χ2n) is 7.34. The molecule has 36 heavy (non-hydrogen) atoms. The molecule has 0 N–H and O–H groups in total. The predicted octanol–water partition coefficient (Wildman–Crippen LogP) is 3.66. The topological polar surface area (TPSA) is 131 Å². The average molecular weight is 506 g/mol. The number of pyridine rings is 1. The zero-order valence-corrected chi connectivity index (χ0v) is 20.0. The van der Waals surface area contributed by atoms with Crippen LogP contribution >= 0.6 is 11.3 Å². The number of fused-ring (bicyclic) bond motifs is 1. The lowest BCUT2D eigenvalue weighted by molar-refractivity contribution is 0.0600. The number of thiazole rings is 1. The minimum Gasteiger partial charge on any atom is -0.494 e. The molecule has 0 atom stereocenters. The van der Waals surface area contributed by atoms with Crippen molar-refractivity contribution in [1.29, 1.82) is 0 Å². The summed E-state index contributed by atoms with van der Waals surface area (Å²) in [6.07, 6.45) is 3.08. The zero-order chi connectivity index (χ0) is 25.1. The highest BCUT2D eigenvalue weighted by atomic mass is 32.1. The Morgan fingerprint density at radius 2 is 2.06 bits per heavy atom. The number of aromatic nitrogens is 5. The number of nitrogens with zero attached hydrogens (tertiary/aromatic N) is 5. The normalized spacial score (nSPS) is 10.9. The van der Waals surface area contributed by atoms with Crippen molar-refractivity contribution in [3.63, 3.8) is 0 Å². The van der Waals surface area contributed by atoms with Gasteiger partial charge in [-0.15, -0.1) is 16.4 Å². The Morgan fingerprint density at radius 1 is 1.17 bits per heavy atom. The summed E-state index contributed by atoms with van der Waals surface area (Å²) in [4.78, 5) is 33.9. The largest absolute Gasteiger partial charge is 0.494 e. The van der Waals surface area contributed by atoms with Gasteiger partial charge in [0.2, 0.25) is 5.88 Å². The van der Waals surface area contributed by atoms with Gasteiger partial charge >= 0.3 is 11.6 Å². The standard InChI is InChI=1S/C24H19N5O6S/c1-3-33-16-8-7-14-10-18(23(30)35-19(14)11-16)29-15(12-26-28-29)13-34-21-20(24(31)32-2)36-22(27-21)17-6-4-5-9-25-17/h4-12H,3,13H2,1-2H3. The number of ether oxygens (including phenoxy) is 3. The van der Waals surface area contributed by atoms with Gasteiger partial charge in [-0.2, -0.15) is 4.98 Å². The van der Waals surface area contributed by atoms with Crippen molar-refractivity contribution in [3.8, 4) is 28.0 Å². The van der Waals surface area contributed by atoms with Crippen LogP contribution in [0.25, 0.3) is 27.4 Å². The summed E-state index contributed by atoms with van der Waals surface area (Å²) in [5, 5.41) is 9.11. The van der Waals surface area contributed by atoms with Gasteiger partial charge in [-0.3, -0.25) is 4.98 Å². The summed E-state index contributed by atoms with van der Waals surface area (Å²) in [7, 11) is 1.28. The van der Waals surface area contributed by atoms with E-state index in [1.54, 1.807) is 42.6 Å². The molecule has 0 saturated heterocycles. The van der Waals surface area contributed by atoms with Crippen LogP contribution in [0.1, 0.15) is 22.3 Å². The van der Waals surface area contributed by atoms with E-state index in [4.69, 9.17) is 18.6 Å². The van der Waals surface area contributed by atoms with Crippen molar-refractivity contribution in [2.45, 2.75) is 13.5 Å². The molecule has 0 aliphatic carbocycles. The maximum absolute atomic E-state index is 12.8. The van der Waals surface area contributed by atoms with Crippen molar-refractivity contribution in [3.05, 3.63) is 75.8 Å². The fourth-order valence-electron chi connectivity index (χ4n) is 3.41. The maximum Gasteiger partial charge on any atom is 0.362 e. The Bertz CT molecular complexity index is 1590. The van der Waals surface area contributed by atoms with Gasteiger partial charge < -0.3 is 18.6 Å². The number of benzene rings is 1. The number of carbonyl (C=O) groups excluding carboxylic acids is 1. The first-order valence-corrected chi connectivity index (χ1v) is 11.6. The van der Waals surface area contributed by atoms with E-state index in [0.717, 1.165) is 11.3 Å². The van der Waals surface area contributed by atoms with Crippen molar-refractivity contribution in [2.24, 2.45) is 0 Å². The molecule has 5 aromatic rings. The van der Waals surface area contributed by atoms with Crippen molar-refractivity contribution in [2.75, 3.05) is 13.7 Å². The van der Waals surface area contributed by atoms with Gasteiger partial charge in [0.15, 0.2) is 10.6 Å². The molecule has 0 aliphatic rings. The first kappa shape index (κ1) is 23.2. The summed E-state index contributed by atoms with van der Waals surface area (Å²) in [5.41, 5.74) is 0.971. The summed E-state index contributed by atoms with van der Waals surface area (Å²) >= 11 is 1.11. The van der Waals surface area contributed by atoms with E-state index < -0.39 is 11.6 Å². The molecule has 0 amide bonds. The fourth-order valence-corrected chi connectivity index (χ4v) is 4.31. The quantitative estimate of drug-likeness (QED) is 0.227. The monoisotopic (exact) mass is 505 g/mol. The number of carbonyl (C=O) groups is 1. The van der Waals surface area contributed by atoms with Gasteiger partial charge in [-0.25, -0.2) is 14.3 Å². The molecule has 1 aromatic carbocycles. The molecule has 0 saturated carbocycles. The van der Waals surface area contributed by atoms with Crippen molar-refractivity contribution >= 4 is 28.3 Å². The summed E-state index contributed by atoms with van der Waals surface area (Å²) in [6.45, 7) is 2.29. The molecule has 5 rings (SSSR count). The SMILES string of the molecule is CCOc1ccc2cc(-n3nncc3COc3nc(-c4ccccn4)sc3C(=O)OC)c(=O)oc2c1. The molecule has 0 aliphatic heterocycles. The van der Waals surface area contributed by atoms with Crippen LogP contribution in [0.4, 0.5) is 0 Å². The highest BCUT2D eigenvalue weighted by molar-refractivity contribution is 7.17.